The molecule has 2 rings (SSSR count). The number of hydrogen-bond donors (Lipinski definition) is 1. The first-order valence-corrected chi connectivity index (χ1v) is 6.02. The molecule has 0 spiro atoms. The highest BCUT2D eigenvalue weighted by Crippen LogP contribution is 2.28. The fourth-order valence-electron chi connectivity index (χ4n) is 1.80. The predicted octanol–water partition coefficient (Wildman–Crippen LogP) is 2.54. The van der Waals surface area contributed by atoms with Crippen molar-refractivity contribution in [2.45, 2.75) is 6.92 Å². The molecule has 1 N–H and O–H groups in total. The van der Waals surface area contributed by atoms with E-state index < -0.39 is 16.5 Å². The molecule has 1 aromatic carbocycles. The lowest BCUT2D eigenvalue weighted by Gasteiger charge is -2.05. The van der Waals surface area contributed by atoms with Crippen LogP contribution in [0.15, 0.2) is 24.4 Å². The first kappa shape index (κ1) is 14.0. The minimum atomic E-state index is -0.673. The van der Waals surface area contributed by atoms with Crippen molar-refractivity contribution in [2.24, 2.45) is 7.05 Å². The number of hydrogen-bond acceptors (Lipinski definition) is 4. The first-order valence-electron chi connectivity index (χ1n) is 5.64. The van der Waals surface area contributed by atoms with Gasteiger partial charge in [-0.15, -0.1) is 0 Å². The first-order chi connectivity index (χ1) is 9.40. The van der Waals surface area contributed by atoms with Crippen LogP contribution in [0.1, 0.15) is 16.1 Å². The maximum absolute atomic E-state index is 12.1. The molecule has 8 heteroatoms. The Balaban J connectivity index is 2.37. The Morgan fingerprint density at radius 1 is 1.50 bits per heavy atom. The second-order valence-corrected chi connectivity index (χ2v) is 4.56. The largest absolute Gasteiger partial charge is 0.319 e. The van der Waals surface area contributed by atoms with Crippen LogP contribution in [0.3, 0.4) is 0 Å². The molecule has 20 heavy (non-hydrogen) atoms. The minimum Gasteiger partial charge on any atom is -0.319 e. The van der Waals surface area contributed by atoms with Crippen LogP contribution in [0.5, 0.6) is 0 Å². The van der Waals surface area contributed by atoms with E-state index in [1.165, 1.54) is 22.9 Å². The zero-order chi connectivity index (χ0) is 14.9. The smallest absolute Gasteiger partial charge is 0.300 e. The van der Waals surface area contributed by atoms with Gasteiger partial charge in [0.25, 0.3) is 5.91 Å². The SMILES string of the molecule is Cc1nn(C)cc1NC(=O)c1cccc(Cl)c1[N+](=O)[O-]. The molecule has 1 amide bonds. The van der Waals surface area contributed by atoms with Gasteiger partial charge in [0.1, 0.15) is 10.6 Å². The fourth-order valence-corrected chi connectivity index (χ4v) is 2.04. The maximum atomic E-state index is 12.1. The molecule has 7 nitrogen and oxygen atoms in total. The van der Waals surface area contributed by atoms with E-state index in [-0.39, 0.29) is 10.6 Å². The second-order valence-electron chi connectivity index (χ2n) is 4.15. The quantitative estimate of drug-likeness (QED) is 0.695. The van der Waals surface area contributed by atoms with Gasteiger partial charge in [-0.2, -0.15) is 5.10 Å². The van der Waals surface area contributed by atoms with Gasteiger partial charge in [0.2, 0.25) is 0 Å². The van der Waals surface area contributed by atoms with Crippen molar-refractivity contribution in [3.63, 3.8) is 0 Å². The lowest BCUT2D eigenvalue weighted by Crippen LogP contribution is -2.14. The third-order valence-electron chi connectivity index (χ3n) is 2.68. The van der Waals surface area contributed by atoms with Crippen LogP contribution >= 0.6 is 11.6 Å². The summed E-state index contributed by atoms with van der Waals surface area (Å²) in [6, 6.07) is 4.21. The lowest BCUT2D eigenvalue weighted by atomic mass is 10.1. The molecule has 1 aromatic heterocycles. The van der Waals surface area contributed by atoms with E-state index in [9.17, 15) is 14.9 Å². The highest BCUT2D eigenvalue weighted by Gasteiger charge is 2.24. The molecule has 2 aromatic rings. The third kappa shape index (κ3) is 2.62. The van der Waals surface area contributed by atoms with Crippen molar-refractivity contribution in [3.8, 4) is 0 Å². The third-order valence-corrected chi connectivity index (χ3v) is 2.98. The van der Waals surface area contributed by atoms with E-state index in [0.29, 0.717) is 11.4 Å². The van der Waals surface area contributed by atoms with Crippen LogP contribution in [-0.2, 0) is 7.05 Å². The number of nitro benzene ring substituents is 1. The summed E-state index contributed by atoms with van der Waals surface area (Å²) < 4.78 is 1.54. The molecule has 0 bridgehead atoms. The molecule has 0 saturated carbocycles. The Hall–Kier alpha value is -2.41. The van der Waals surface area contributed by atoms with Gasteiger partial charge < -0.3 is 5.32 Å². The number of carbonyl (C=O) groups excluding carboxylic acids is 1. The Morgan fingerprint density at radius 2 is 2.20 bits per heavy atom. The molecular formula is C12H11ClN4O3. The number of halogens is 1. The molecule has 0 aliphatic rings. The minimum absolute atomic E-state index is 0.0782. The standard InChI is InChI=1S/C12H11ClN4O3/c1-7-10(6-16(2)15-7)14-12(18)8-4-3-5-9(13)11(8)17(19)20/h3-6H,1-2H3,(H,14,18). The average molecular weight is 295 g/mol. The summed E-state index contributed by atoms with van der Waals surface area (Å²) in [4.78, 5) is 22.5. The van der Waals surface area contributed by atoms with Crippen molar-refractivity contribution >= 4 is 28.9 Å². The zero-order valence-corrected chi connectivity index (χ0v) is 11.5. The molecule has 0 radical (unpaired) electrons. The average Bonchev–Trinajstić information content (AvgIpc) is 2.66. The maximum Gasteiger partial charge on any atom is 0.300 e. The van der Waals surface area contributed by atoms with E-state index in [0.717, 1.165) is 0 Å². The molecule has 0 aliphatic carbocycles. The lowest BCUT2D eigenvalue weighted by molar-refractivity contribution is -0.385. The Labute approximate surface area is 119 Å². The van der Waals surface area contributed by atoms with Gasteiger partial charge in [0, 0.05) is 13.2 Å². The molecule has 0 fully saturated rings. The number of rotatable bonds is 3. The monoisotopic (exact) mass is 294 g/mol. The van der Waals surface area contributed by atoms with Gasteiger partial charge in [-0.05, 0) is 19.1 Å². The van der Waals surface area contributed by atoms with Gasteiger partial charge in [0.15, 0.2) is 0 Å². The Kier molecular flexibility index (Phi) is 3.71. The number of nitrogens with one attached hydrogen (secondary N) is 1. The van der Waals surface area contributed by atoms with E-state index in [1.807, 2.05) is 0 Å². The van der Waals surface area contributed by atoms with Crippen molar-refractivity contribution < 1.29 is 9.72 Å². The van der Waals surface area contributed by atoms with Crippen LogP contribution in [0.2, 0.25) is 5.02 Å². The number of aryl methyl sites for hydroxylation is 2. The number of para-hydroxylation sites is 1. The summed E-state index contributed by atoms with van der Waals surface area (Å²) in [5.74, 6) is -0.602. The Bertz CT molecular complexity index is 696. The van der Waals surface area contributed by atoms with Gasteiger partial charge in [-0.25, -0.2) is 0 Å². The molecule has 0 atom stereocenters. The highest BCUT2D eigenvalue weighted by molar-refractivity contribution is 6.33. The summed E-state index contributed by atoms with van der Waals surface area (Å²) in [5.41, 5.74) is 0.608. The number of aromatic nitrogens is 2. The van der Waals surface area contributed by atoms with Gasteiger partial charge in [-0.1, -0.05) is 17.7 Å². The fraction of sp³-hybridized carbons (Fsp3) is 0.167. The van der Waals surface area contributed by atoms with Crippen LogP contribution in [-0.4, -0.2) is 20.6 Å². The van der Waals surface area contributed by atoms with Crippen LogP contribution in [0.25, 0.3) is 0 Å². The molecule has 0 saturated heterocycles. The number of anilines is 1. The molecular weight excluding hydrogens is 284 g/mol. The van der Waals surface area contributed by atoms with Crippen LogP contribution in [0.4, 0.5) is 11.4 Å². The van der Waals surface area contributed by atoms with Crippen molar-refractivity contribution in [1.82, 2.24) is 9.78 Å². The summed E-state index contributed by atoms with van der Waals surface area (Å²) in [7, 11) is 1.71. The van der Waals surface area contributed by atoms with E-state index in [2.05, 4.69) is 10.4 Å². The zero-order valence-electron chi connectivity index (χ0n) is 10.8. The number of nitro groups is 1. The second kappa shape index (κ2) is 5.30. The molecule has 0 unspecified atom stereocenters. The predicted molar refractivity (Wildman–Crippen MR) is 74.0 cm³/mol. The van der Waals surface area contributed by atoms with E-state index >= 15 is 0 Å². The number of benzene rings is 1. The molecule has 104 valence electrons. The highest BCUT2D eigenvalue weighted by atomic mass is 35.5. The van der Waals surface area contributed by atoms with Crippen molar-refractivity contribution in [3.05, 3.63) is 50.8 Å². The van der Waals surface area contributed by atoms with Gasteiger partial charge >= 0.3 is 5.69 Å². The summed E-state index contributed by atoms with van der Waals surface area (Å²) >= 11 is 5.77. The number of carbonyl (C=O) groups is 1. The summed E-state index contributed by atoms with van der Waals surface area (Å²) in [5, 5.41) is 17.6. The van der Waals surface area contributed by atoms with Crippen molar-refractivity contribution in [2.75, 3.05) is 5.32 Å². The van der Waals surface area contributed by atoms with E-state index in [1.54, 1.807) is 20.2 Å². The van der Waals surface area contributed by atoms with Crippen LogP contribution < -0.4 is 5.32 Å². The van der Waals surface area contributed by atoms with Gasteiger partial charge in [-0.3, -0.25) is 19.6 Å². The van der Waals surface area contributed by atoms with E-state index in [4.69, 9.17) is 11.6 Å². The summed E-state index contributed by atoms with van der Waals surface area (Å²) in [6.07, 6.45) is 1.61. The van der Waals surface area contributed by atoms with Gasteiger partial charge in [0.05, 0.1) is 16.3 Å². The number of amides is 1. The Morgan fingerprint density at radius 3 is 2.75 bits per heavy atom. The summed E-state index contributed by atoms with van der Waals surface area (Å²) in [6.45, 7) is 1.72. The molecule has 1 heterocycles. The van der Waals surface area contributed by atoms with Crippen LogP contribution in [0, 0.1) is 17.0 Å². The molecule has 0 aliphatic heterocycles. The topological polar surface area (TPSA) is 90.1 Å². The van der Waals surface area contributed by atoms with Crippen molar-refractivity contribution in [1.29, 1.82) is 0 Å². The normalized spacial score (nSPS) is 10.3. The number of nitrogens with zero attached hydrogens (tertiary/aromatic N) is 3.